The lowest BCUT2D eigenvalue weighted by Crippen LogP contribution is -2.19. The Labute approximate surface area is 117 Å². The number of rotatable bonds is 5. The number of hydrogen-bond donors (Lipinski definition) is 2. The Kier molecular flexibility index (Phi) is 4.17. The minimum Gasteiger partial charge on any atom is -0.340 e. The van der Waals surface area contributed by atoms with Crippen LogP contribution in [0.3, 0.4) is 0 Å². The minimum atomic E-state index is -3.69. The molecule has 20 heavy (non-hydrogen) atoms. The largest absolute Gasteiger partial charge is 0.340 e. The van der Waals surface area contributed by atoms with Crippen molar-refractivity contribution in [3.8, 4) is 0 Å². The smallest absolute Gasteiger partial charge is 0.238 e. The van der Waals surface area contributed by atoms with E-state index in [2.05, 4.69) is 15.5 Å². The highest BCUT2D eigenvalue weighted by molar-refractivity contribution is 7.89. The summed E-state index contributed by atoms with van der Waals surface area (Å²) in [7, 11) is -3.69. The molecule has 7 nitrogen and oxygen atoms in total. The Bertz CT molecular complexity index is 696. The Morgan fingerprint density at radius 2 is 2.20 bits per heavy atom. The van der Waals surface area contributed by atoms with Gasteiger partial charge in [-0.15, -0.1) is 0 Å². The molecule has 108 valence electrons. The fourth-order valence-electron chi connectivity index (χ4n) is 1.74. The Hall–Kier alpha value is -1.77. The van der Waals surface area contributed by atoms with Gasteiger partial charge in [0.15, 0.2) is 5.82 Å². The fraction of sp³-hybridized carbons (Fsp3) is 0.333. The van der Waals surface area contributed by atoms with E-state index in [4.69, 9.17) is 9.66 Å². The Morgan fingerprint density at radius 1 is 1.45 bits per heavy atom. The lowest BCUT2D eigenvalue weighted by atomic mass is 10.1. The molecule has 1 aromatic heterocycles. The van der Waals surface area contributed by atoms with Gasteiger partial charge in [-0.05, 0) is 24.6 Å². The van der Waals surface area contributed by atoms with Crippen molar-refractivity contribution in [1.82, 2.24) is 15.5 Å². The summed E-state index contributed by atoms with van der Waals surface area (Å²) in [5.41, 5.74) is 0.816. The van der Waals surface area contributed by atoms with Crippen LogP contribution in [0.1, 0.15) is 30.2 Å². The number of primary sulfonamides is 1. The van der Waals surface area contributed by atoms with Gasteiger partial charge in [-0.2, -0.15) is 4.98 Å². The number of sulfonamides is 1. The zero-order valence-corrected chi connectivity index (χ0v) is 12.0. The highest BCUT2D eigenvalue weighted by atomic mass is 32.2. The van der Waals surface area contributed by atoms with Crippen molar-refractivity contribution in [1.29, 1.82) is 0 Å². The van der Waals surface area contributed by atoms with Gasteiger partial charge in [0, 0.05) is 13.0 Å². The van der Waals surface area contributed by atoms with Gasteiger partial charge < -0.3 is 9.84 Å². The summed E-state index contributed by atoms with van der Waals surface area (Å²) in [6, 6.07) is 6.43. The molecule has 0 fully saturated rings. The van der Waals surface area contributed by atoms with E-state index in [0.29, 0.717) is 18.3 Å². The number of nitrogens with zero attached hydrogens (tertiary/aromatic N) is 2. The third-order valence-electron chi connectivity index (χ3n) is 2.82. The average molecular weight is 296 g/mol. The summed E-state index contributed by atoms with van der Waals surface area (Å²) < 4.78 is 27.5. The van der Waals surface area contributed by atoms with E-state index in [1.165, 1.54) is 6.07 Å². The van der Waals surface area contributed by atoms with Crippen LogP contribution in [0.2, 0.25) is 0 Å². The third-order valence-corrected chi connectivity index (χ3v) is 3.73. The van der Waals surface area contributed by atoms with E-state index in [-0.39, 0.29) is 10.9 Å². The summed E-state index contributed by atoms with van der Waals surface area (Å²) in [4.78, 5) is 4.17. The first-order valence-corrected chi connectivity index (χ1v) is 7.56. The van der Waals surface area contributed by atoms with Gasteiger partial charge in [-0.3, -0.25) is 0 Å². The molecule has 0 aliphatic carbocycles. The van der Waals surface area contributed by atoms with Crippen molar-refractivity contribution >= 4 is 10.0 Å². The SMILES string of the molecule is Cc1nc(CNC(C)c2cccc(S(N)(=O)=O)c2)no1. The van der Waals surface area contributed by atoms with E-state index >= 15 is 0 Å². The monoisotopic (exact) mass is 296 g/mol. The van der Waals surface area contributed by atoms with E-state index in [1.807, 2.05) is 13.0 Å². The number of aromatic nitrogens is 2. The molecular formula is C12H16N4O3S. The molecule has 1 heterocycles. The van der Waals surface area contributed by atoms with Gasteiger partial charge in [0.2, 0.25) is 15.9 Å². The highest BCUT2D eigenvalue weighted by Crippen LogP contribution is 2.16. The van der Waals surface area contributed by atoms with Crippen LogP contribution in [0.5, 0.6) is 0 Å². The van der Waals surface area contributed by atoms with Crippen molar-refractivity contribution in [2.75, 3.05) is 0 Å². The molecule has 0 bridgehead atoms. The van der Waals surface area contributed by atoms with Crippen molar-refractivity contribution < 1.29 is 12.9 Å². The zero-order chi connectivity index (χ0) is 14.8. The Balaban J connectivity index is 2.07. The quantitative estimate of drug-likeness (QED) is 0.847. The van der Waals surface area contributed by atoms with Gasteiger partial charge in [-0.1, -0.05) is 17.3 Å². The molecule has 0 amide bonds. The summed E-state index contributed by atoms with van der Waals surface area (Å²) >= 11 is 0. The molecule has 2 aromatic rings. The van der Waals surface area contributed by atoms with Crippen molar-refractivity contribution in [3.05, 3.63) is 41.5 Å². The lowest BCUT2D eigenvalue weighted by Gasteiger charge is -2.13. The molecule has 3 N–H and O–H groups in total. The summed E-state index contributed by atoms with van der Waals surface area (Å²) in [5, 5.41) is 12.1. The van der Waals surface area contributed by atoms with Gasteiger partial charge in [0.1, 0.15) is 0 Å². The van der Waals surface area contributed by atoms with E-state index < -0.39 is 10.0 Å². The van der Waals surface area contributed by atoms with Crippen LogP contribution >= 0.6 is 0 Å². The summed E-state index contributed by atoms with van der Waals surface area (Å²) in [6.45, 7) is 4.06. The van der Waals surface area contributed by atoms with Crippen LogP contribution in [0.15, 0.2) is 33.7 Å². The molecule has 2 rings (SSSR count). The second-order valence-electron chi connectivity index (χ2n) is 4.45. The van der Waals surface area contributed by atoms with E-state index in [9.17, 15) is 8.42 Å². The normalized spacial score (nSPS) is 13.3. The minimum absolute atomic E-state index is 0.0736. The second-order valence-corrected chi connectivity index (χ2v) is 6.01. The molecule has 0 saturated carbocycles. The van der Waals surface area contributed by atoms with E-state index in [1.54, 1.807) is 19.1 Å². The predicted octanol–water partition coefficient (Wildman–Crippen LogP) is 0.876. The lowest BCUT2D eigenvalue weighted by molar-refractivity contribution is 0.384. The van der Waals surface area contributed by atoms with Gasteiger partial charge in [0.25, 0.3) is 0 Å². The van der Waals surface area contributed by atoms with Gasteiger partial charge in [0.05, 0.1) is 11.4 Å². The zero-order valence-electron chi connectivity index (χ0n) is 11.2. The maximum atomic E-state index is 11.3. The van der Waals surface area contributed by atoms with Crippen LogP contribution in [-0.2, 0) is 16.6 Å². The highest BCUT2D eigenvalue weighted by Gasteiger charge is 2.12. The number of hydrogen-bond acceptors (Lipinski definition) is 6. The van der Waals surface area contributed by atoms with Crippen molar-refractivity contribution in [3.63, 3.8) is 0 Å². The average Bonchev–Trinajstić information content (AvgIpc) is 2.81. The number of nitrogens with two attached hydrogens (primary N) is 1. The fourth-order valence-corrected chi connectivity index (χ4v) is 2.30. The molecule has 0 aliphatic rings. The molecule has 1 unspecified atom stereocenters. The maximum absolute atomic E-state index is 11.3. The topological polar surface area (TPSA) is 111 Å². The first-order valence-electron chi connectivity index (χ1n) is 6.01. The summed E-state index contributed by atoms with van der Waals surface area (Å²) in [6.07, 6.45) is 0. The third kappa shape index (κ3) is 3.62. The van der Waals surface area contributed by atoms with Crippen LogP contribution in [-0.4, -0.2) is 18.6 Å². The van der Waals surface area contributed by atoms with Crippen molar-refractivity contribution in [2.45, 2.75) is 31.3 Å². The van der Waals surface area contributed by atoms with E-state index in [0.717, 1.165) is 5.56 Å². The maximum Gasteiger partial charge on any atom is 0.238 e. The second kappa shape index (κ2) is 5.70. The van der Waals surface area contributed by atoms with Crippen LogP contribution in [0, 0.1) is 6.92 Å². The Morgan fingerprint density at radius 3 is 2.80 bits per heavy atom. The first kappa shape index (κ1) is 14.6. The predicted molar refractivity (Wildman–Crippen MR) is 72.1 cm³/mol. The van der Waals surface area contributed by atoms with Crippen molar-refractivity contribution in [2.24, 2.45) is 5.14 Å². The molecule has 1 aromatic carbocycles. The number of aryl methyl sites for hydroxylation is 1. The van der Waals surface area contributed by atoms with Crippen LogP contribution in [0.4, 0.5) is 0 Å². The van der Waals surface area contributed by atoms with Gasteiger partial charge in [-0.25, -0.2) is 13.6 Å². The summed E-state index contributed by atoms with van der Waals surface area (Å²) in [5.74, 6) is 1.06. The molecule has 8 heteroatoms. The molecule has 1 atom stereocenters. The molecule has 0 aliphatic heterocycles. The van der Waals surface area contributed by atoms with Crippen LogP contribution < -0.4 is 10.5 Å². The molecule has 0 saturated heterocycles. The standard InChI is InChI=1S/C12H16N4O3S/c1-8(14-7-12-15-9(2)19-16-12)10-4-3-5-11(6-10)20(13,17)18/h3-6,8,14H,7H2,1-2H3,(H2,13,17,18). The number of benzene rings is 1. The molecule has 0 spiro atoms. The first-order chi connectivity index (χ1) is 9.36. The molecular weight excluding hydrogens is 280 g/mol. The van der Waals surface area contributed by atoms with Gasteiger partial charge >= 0.3 is 0 Å². The van der Waals surface area contributed by atoms with Crippen LogP contribution in [0.25, 0.3) is 0 Å². The molecule has 0 radical (unpaired) electrons. The number of nitrogens with one attached hydrogen (secondary N) is 1.